The maximum absolute atomic E-state index is 2.60. The average molecular weight is 724 g/mol. The van der Waals surface area contributed by atoms with Crippen LogP contribution < -0.4 is 4.90 Å². The fraction of sp³-hybridized carbons (Fsp3) is 0.0714. The van der Waals surface area contributed by atoms with Gasteiger partial charge in [0, 0.05) is 17.9 Å². The van der Waals surface area contributed by atoms with Gasteiger partial charge >= 0.3 is 0 Å². The van der Waals surface area contributed by atoms with Crippen molar-refractivity contribution in [3.63, 3.8) is 0 Å². The zero-order valence-electron chi connectivity index (χ0n) is 31.5. The van der Waals surface area contributed by atoms with Crippen LogP contribution in [0.4, 0.5) is 11.4 Å². The van der Waals surface area contributed by atoms with Gasteiger partial charge in [0.15, 0.2) is 0 Å². The van der Waals surface area contributed by atoms with E-state index in [0.29, 0.717) is 0 Å². The van der Waals surface area contributed by atoms with Crippen molar-refractivity contribution in [2.75, 3.05) is 4.90 Å². The molecule has 1 unspecified atom stereocenters. The summed E-state index contributed by atoms with van der Waals surface area (Å²) in [6, 6.07) is 71.5. The van der Waals surface area contributed by atoms with Gasteiger partial charge in [0.2, 0.25) is 0 Å². The molecule has 0 heterocycles. The van der Waals surface area contributed by atoms with E-state index in [0.717, 1.165) is 19.4 Å². The van der Waals surface area contributed by atoms with Crippen LogP contribution in [0.15, 0.2) is 188 Å². The first kappa shape index (κ1) is 31.3. The molecule has 0 saturated heterocycles. The molecule has 0 amide bonds. The monoisotopic (exact) mass is 723 g/mol. The summed E-state index contributed by atoms with van der Waals surface area (Å²) in [6.45, 7) is 0.738. The third-order valence-electron chi connectivity index (χ3n) is 13.6. The highest BCUT2D eigenvalue weighted by Crippen LogP contribution is 2.64. The van der Waals surface area contributed by atoms with Gasteiger partial charge < -0.3 is 4.90 Å². The third kappa shape index (κ3) is 4.24. The summed E-state index contributed by atoms with van der Waals surface area (Å²) in [4.78, 5) is 2.60. The molecule has 0 N–H and O–H groups in total. The molecule has 1 nitrogen and oxygen atoms in total. The molecule has 266 valence electrons. The minimum atomic E-state index is -0.441. The van der Waals surface area contributed by atoms with Gasteiger partial charge in [-0.3, -0.25) is 0 Å². The first-order valence-electron chi connectivity index (χ1n) is 20.3. The predicted octanol–water partition coefficient (Wildman–Crippen LogP) is 13.7. The van der Waals surface area contributed by atoms with E-state index >= 15 is 0 Å². The van der Waals surface area contributed by atoms with E-state index in [2.05, 4.69) is 193 Å². The lowest BCUT2D eigenvalue weighted by Gasteiger charge is -2.34. The maximum Gasteiger partial charge on any atom is 0.0729 e. The lowest BCUT2D eigenvalue weighted by Crippen LogP contribution is -2.29. The van der Waals surface area contributed by atoms with Crippen molar-refractivity contribution in [2.24, 2.45) is 0 Å². The highest BCUT2D eigenvalue weighted by molar-refractivity contribution is 6.00. The number of rotatable bonds is 4. The van der Waals surface area contributed by atoms with Gasteiger partial charge in [0.25, 0.3) is 0 Å². The van der Waals surface area contributed by atoms with Crippen LogP contribution in [0, 0.1) is 0 Å². The van der Waals surface area contributed by atoms with Crippen molar-refractivity contribution in [3.05, 3.63) is 238 Å². The quantitative estimate of drug-likeness (QED) is 0.175. The zero-order valence-corrected chi connectivity index (χ0v) is 31.5. The largest absolute Gasteiger partial charge is 0.337 e. The van der Waals surface area contributed by atoms with Crippen LogP contribution in [-0.2, 0) is 24.8 Å². The Balaban J connectivity index is 1.04. The van der Waals surface area contributed by atoms with E-state index in [1.807, 2.05) is 0 Å². The molecule has 1 heteroatoms. The molecule has 0 aromatic heterocycles. The molecule has 0 radical (unpaired) electrons. The van der Waals surface area contributed by atoms with Gasteiger partial charge in [-0.15, -0.1) is 0 Å². The Morgan fingerprint density at radius 3 is 1.47 bits per heavy atom. The van der Waals surface area contributed by atoms with Crippen LogP contribution in [0.2, 0.25) is 0 Å². The number of anilines is 2. The molecule has 57 heavy (non-hydrogen) atoms. The number of fused-ring (bicyclic) bond motifs is 17. The van der Waals surface area contributed by atoms with Gasteiger partial charge in [-0.1, -0.05) is 152 Å². The van der Waals surface area contributed by atoms with E-state index < -0.39 is 5.41 Å². The van der Waals surface area contributed by atoms with Crippen molar-refractivity contribution < 1.29 is 0 Å². The normalized spacial score (nSPS) is 15.7. The van der Waals surface area contributed by atoms with Crippen LogP contribution in [-0.4, -0.2) is 0 Å². The number of hydrogen-bond acceptors (Lipinski definition) is 1. The maximum atomic E-state index is 2.60. The van der Waals surface area contributed by atoms with Gasteiger partial charge in [-0.2, -0.15) is 0 Å². The first-order chi connectivity index (χ1) is 28.2. The van der Waals surface area contributed by atoms with Crippen LogP contribution >= 0.6 is 0 Å². The molecule has 0 fully saturated rings. The summed E-state index contributed by atoms with van der Waals surface area (Å²) in [5, 5.41) is 2.57. The topological polar surface area (TPSA) is 3.24 Å². The average Bonchev–Trinajstić information content (AvgIpc) is 3.99. The predicted molar refractivity (Wildman–Crippen MR) is 235 cm³/mol. The number of nitrogens with zero attached hydrogens (tertiary/aromatic N) is 1. The molecule has 0 aliphatic heterocycles. The molecule has 0 saturated carbocycles. The molecule has 4 aliphatic rings. The van der Waals surface area contributed by atoms with Gasteiger partial charge in [0.05, 0.1) is 5.41 Å². The van der Waals surface area contributed by atoms with Crippen LogP contribution in [0.25, 0.3) is 55.3 Å². The van der Waals surface area contributed by atoms with Crippen LogP contribution in [0.1, 0.15) is 50.1 Å². The van der Waals surface area contributed by atoms with Crippen LogP contribution in [0.5, 0.6) is 0 Å². The van der Waals surface area contributed by atoms with Gasteiger partial charge in [-0.25, -0.2) is 0 Å². The minimum absolute atomic E-state index is 0.441. The Hall–Kier alpha value is -6.96. The van der Waals surface area contributed by atoms with Crippen molar-refractivity contribution in [1.82, 2.24) is 0 Å². The van der Waals surface area contributed by atoms with Crippen molar-refractivity contribution >= 4 is 22.1 Å². The van der Waals surface area contributed by atoms with E-state index in [1.54, 1.807) is 0 Å². The summed E-state index contributed by atoms with van der Waals surface area (Å²) >= 11 is 0. The first-order valence-corrected chi connectivity index (χ1v) is 20.3. The Labute approximate surface area is 333 Å². The molecular formula is C56H37N. The molecule has 1 atom stereocenters. The Morgan fingerprint density at radius 2 is 0.842 bits per heavy atom. The third-order valence-corrected chi connectivity index (χ3v) is 13.6. The van der Waals surface area contributed by atoms with Crippen molar-refractivity contribution in [3.8, 4) is 44.5 Å². The van der Waals surface area contributed by atoms with E-state index in [9.17, 15) is 0 Å². The Bertz CT molecular complexity index is 3090. The van der Waals surface area contributed by atoms with Crippen molar-refractivity contribution in [2.45, 2.75) is 24.8 Å². The van der Waals surface area contributed by atoms with Gasteiger partial charge in [0.1, 0.15) is 0 Å². The molecule has 0 bridgehead atoms. The van der Waals surface area contributed by atoms with Crippen LogP contribution in [0.3, 0.4) is 0 Å². The van der Waals surface area contributed by atoms with Gasteiger partial charge in [-0.05, 0) is 155 Å². The minimum Gasteiger partial charge on any atom is -0.337 e. The highest BCUT2D eigenvalue weighted by Gasteiger charge is 2.52. The van der Waals surface area contributed by atoms with E-state index in [1.165, 1.54) is 117 Å². The fourth-order valence-electron chi connectivity index (χ4n) is 11.2. The smallest absolute Gasteiger partial charge is 0.0729 e. The second-order valence-corrected chi connectivity index (χ2v) is 16.4. The van der Waals surface area contributed by atoms with Crippen molar-refractivity contribution in [1.29, 1.82) is 0 Å². The molecule has 4 aliphatic carbocycles. The molecule has 9 aromatic carbocycles. The lowest BCUT2D eigenvalue weighted by atomic mass is 9.69. The SMILES string of the molecule is c1ccc2c(c1)Cc1cc(N(Cc3cccc4c3C3(c5ccccc5-c5cc6ccccc6cc53)c3ccccc3-4)c3ccc4c(c3)Cc3ccccc3-4)ccc1-2. The molecular weight excluding hydrogens is 687 g/mol. The standard InChI is InChI=1S/C56H37N/c1-2-13-36-33-54-51(32-35(36)12-1)49-20-8-10-23-53(49)56(54)52-22-9-7-19-48(52)50-21-11-16-39(55(50)56)34-57(42-24-26-46-40(30-42)28-37-14-3-5-17-44(37)46)43-25-27-47-41(31-43)29-38-15-4-6-18-45(38)47/h1-27,30-33H,28-29,34H2. The Morgan fingerprint density at radius 1 is 0.351 bits per heavy atom. The fourth-order valence-corrected chi connectivity index (χ4v) is 11.2. The van der Waals surface area contributed by atoms with E-state index in [4.69, 9.17) is 0 Å². The molecule has 1 spiro atoms. The highest BCUT2D eigenvalue weighted by atomic mass is 15.1. The Kier molecular flexibility index (Phi) is 6.33. The summed E-state index contributed by atoms with van der Waals surface area (Å²) in [5.41, 5.74) is 25.4. The summed E-state index contributed by atoms with van der Waals surface area (Å²) in [7, 11) is 0. The lowest BCUT2D eigenvalue weighted by molar-refractivity contribution is 0.774. The molecule has 13 rings (SSSR count). The second-order valence-electron chi connectivity index (χ2n) is 16.4. The molecule has 9 aromatic rings. The summed E-state index contributed by atoms with van der Waals surface area (Å²) < 4.78 is 0. The summed E-state index contributed by atoms with van der Waals surface area (Å²) in [5.74, 6) is 0. The van der Waals surface area contributed by atoms with E-state index in [-0.39, 0.29) is 0 Å². The second kappa shape index (κ2) is 11.5. The number of hydrogen-bond donors (Lipinski definition) is 0. The summed E-state index contributed by atoms with van der Waals surface area (Å²) in [6.07, 6.45) is 1.93. The zero-order chi connectivity index (χ0) is 37.2. The number of benzene rings is 9.